The molecule has 23 heavy (non-hydrogen) atoms. The van der Waals surface area contributed by atoms with E-state index in [1.54, 1.807) is 28.8 Å². The van der Waals surface area contributed by atoms with Gasteiger partial charge in [0.05, 0.1) is 23.7 Å². The summed E-state index contributed by atoms with van der Waals surface area (Å²) >= 11 is 7.49. The Labute approximate surface area is 143 Å². The highest BCUT2D eigenvalue weighted by atomic mass is 35.5. The van der Waals surface area contributed by atoms with E-state index in [0.29, 0.717) is 10.6 Å². The summed E-state index contributed by atoms with van der Waals surface area (Å²) < 4.78 is 28.9. The first kappa shape index (κ1) is 16.4. The average Bonchev–Trinajstić information content (AvgIpc) is 2.94. The third-order valence-electron chi connectivity index (χ3n) is 3.36. The predicted octanol–water partition coefficient (Wildman–Crippen LogP) is 2.68. The average molecular weight is 371 g/mol. The number of halogens is 1. The topological polar surface area (TPSA) is 76.4 Å². The molecule has 0 saturated carbocycles. The zero-order valence-electron chi connectivity index (χ0n) is 12.6. The van der Waals surface area contributed by atoms with Crippen LogP contribution in [0.25, 0.3) is 4.96 Å². The zero-order chi connectivity index (χ0) is 16.6. The predicted molar refractivity (Wildman–Crippen MR) is 91.3 cm³/mol. The van der Waals surface area contributed by atoms with Crippen LogP contribution in [0.3, 0.4) is 0 Å². The number of rotatable bonds is 5. The van der Waals surface area contributed by atoms with E-state index in [4.69, 9.17) is 11.6 Å². The van der Waals surface area contributed by atoms with Crippen LogP contribution in [0.2, 0.25) is 5.02 Å². The summed E-state index contributed by atoms with van der Waals surface area (Å²) in [5.41, 5.74) is 2.08. The van der Waals surface area contributed by atoms with Gasteiger partial charge in [-0.3, -0.25) is 0 Å². The Bertz CT molecular complexity index is 962. The number of nitrogens with zero attached hydrogens (tertiary/aromatic N) is 3. The Morgan fingerprint density at radius 3 is 2.78 bits per heavy atom. The first-order valence-corrected chi connectivity index (χ1v) is 9.73. The molecule has 1 N–H and O–H groups in total. The fourth-order valence-corrected chi connectivity index (χ4v) is 4.45. The molecule has 0 bridgehead atoms. The molecule has 1 aromatic carbocycles. The number of aryl methyl sites for hydroxylation is 2. The van der Waals surface area contributed by atoms with Gasteiger partial charge in [0.2, 0.25) is 15.0 Å². The Balaban J connectivity index is 1.78. The molecule has 0 aliphatic heterocycles. The van der Waals surface area contributed by atoms with Gasteiger partial charge in [0.15, 0.2) is 0 Å². The van der Waals surface area contributed by atoms with Crippen molar-refractivity contribution in [3.63, 3.8) is 0 Å². The lowest BCUT2D eigenvalue weighted by Gasteiger charge is -2.08. The molecule has 0 amide bonds. The molecule has 0 radical (unpaired) electrons. The van der Waals surface area contributed by atoms with Crippen LogP contribution in [0.4, 0.5) is 0 Å². The minimum atomic E-state index is -3.51. The third-order valence-corrected chi connectivity index (χ3v) is 5.83. The van der Waals surface area contributed by atoms with Gasteiger partial charge >= 0.3 is 0 Å². The van der Waals surface area contributed by atoms with Gasteiger partial charge in [0, 0.05) is 5.02 Å². The van der Waals surface area contributed by atoms with Crippen LogP contribution in [0.1, 0.15) is 22.0 Å². The molecule has 6 nitrogen and oxygen atoms in total. The second kappa shape index (κ2) is 6.20. The molecule has 0 aliphatic rings. The molecule has 2 aromatic heterocycles. The Morgan fingerprint density at radius 1 is 1.30 bits per heavy atom. The molecule has 2 heterocycles. The largest absolute Gasteiger partial charge is 0.223 e. The van der Waals surface area contributed by atoms with Crippen molar-refractivity contribution in [1.82, 2.24) is 19.3 Å². The number of imidazole rings is 1. The Hall–Kier alpha value is -1.48. The Kier molecular flexibility index (Phi) is 4.41. The summed E-state index contributed by atoms with van der Waals surface area (Å²) in [6, 6.07) is 6.91. The van der Waals surface area contributed by atoms with Gasteiger partial charge in [-0.25, -0.2) is 22.6 Å². The summed E-state index contributed by atoms with van der Waals surface area (Å²) in [4.78, 5) is 5.16. The van der Waals surface area contributed by atoms with Crippen LogP contribution in [0.15, 0.2) is 24.3 Å². The third kappa shape index (κ3) is 3.55. The first-order chi connectivity index (χ1) is 10.9. The summed E-state index contributed by atoms with van der Waals surface area (Å²) in [6.07, 6.45) is 0. The summed E-state index contributed by atoms with van der Waals surface area (Å²) in [5, 5.41) is 5.67. The fraction of sp³-hybridized carbons (Fsp3) is 0.286. The van der Waals surface area contributed by atoms with Crippen LogP contribution in [-0.2, 0) is 22.3 Å². The molecule has 0 unspecified atom stereocenters. The molecular formula is C14H15ClN4O2S2. The standard InChI is InChI=1S/C14H15ClN4O2S2/c1-9-13(19-14(17-9)22-10(2)18-19)7-16-23(20,21)8-11-5-3-4-6-12(11)15/h3-6,16H,7-8H2,1-2H3. The lowest BCUT2D eigenvalue weighted by Crippen LogP contribution is -2.26. The summed E-state index contributed by atoms with van der Waals surface area (Å²) in [7, 11) is -3.51. The minimum absolute atomic E-state index is 0.142. The van der Waals surface area contributed by atoms with Crippen LogP contribution < -0.4 is 4.72 Å². The SMILES string of the molecule is Cc1nn2c(CNS(=O)(=O)Cc3ccccc3Cl)c(C)nc2s1. The molecule has 0 saturated heterocycles. The maximum absolute atomic E-state index is 12.3. The normalized spacial score (nSPS) is 12.1. The van der Waals surface area contributed by atoms with E-state index in [1.807, 2.05) is 13.8 Å². The van der Waals surface area contributed by atoms with E-state index < -0.39 is 10.0 Å². The molecule has 0 aliphatic carbocycles. The Morgan fingerprint density at radius 2 is 2.04 bits per heavy atom. The molecule has 3 rings (SSSR count). The van der Waals surface area contributed by atoms with Crippen LogP contribution in [0, 0.1) is 13.8 Å². The maximum Gasteiger partial charge on any atom is 0.216 e. The molecular weight excluding hydrogens is 356 g/mol. The molecule has 0 fully saturated rings. The summed E-state index contributed by atoms with van der Waals surface area (Å²) in [5.74, 6) is -0.163. The number of fused-ring (bicyclic) bond motifs is 1. The van der Waals surface area contributed by atoms with E-state index in [-0.39, 0.29) is 12.3 Å². The van der Waals surface area contributed by atoms with Gasteiger partial charge in [-0.1, -0.05) is 41.1 Å². The minimum Gasteiger partial charge on any atom is -0.223 e. The van der Waals surface area contributed by atoms with Crippen molar-refractivity contribution >= 4 is 37.9 Å². The van der Waals surface area contributed by atoms with Crippen LogP contribution >= 0.6 is 22.9 Å². The van der Waals surface area contributed by atoms with E-state index in [9.17, 15) is 8.42 Å². The second-order valence-corrected chi connectivity index (χ2v) is 8.51. The molecule has 0 spiro atoms. The van der Waals surface area contributed by atoms with E-state index in [0.717, 1.165) is 21.4 Å². The highest BCUT2D eigenvalue weighted by Crippen LogP contribution is 2.19. The quantitative estimate of drug-likeness (QED) is 0.749. The lowest BCUT2D eigenvalue weighted by atomic mass is 10.2. The van der Waals surface area contributed by atoms with Crippen molar-refractivity contribution in [2.75, 3.05) is 0 Å². The second-order valence-electron chi connectivity index (χ2n) is 5.13. The monoisotopic (exact) mass is 370 g/mol. The van der Waals surface area contributed by atoms with Gasteiger partial charge in [0.1, 0.15) is 5.01 Å². The van der Waals surface area contributed by atoms with E-state index in [2.05, 4.69) is 14.8 Å². The molecule has 122 valence electrons. The summed E-state index contributed by atoms with van der Waals surface area (Å²) in [6.45, 7) is 3.87. The maximum atomic E-state index is 12.3. The van der Waals surface area contributed by atoms with Gasteiger partial charge < -0.3 is 0 Å². The molecule has 9 heteroatoms. The number of hydrogen-bond acceptors (Lipinski definition) is 5. The number of hydrogen-bond donors (Lipinski definition) is 1. The number of sulfonamides is 1. The number of aromatic nitrogens is 3. The van der Waals surface area contributed by atoms with Gasteiger partial charge in [-0.2, -0.15) is 5.10 Å². The van der Waals surface area contributed by atoms with Crippen molar-refractivity contribution in [2.24, 2.45) is 0 Å². The van der Waals surface area contributed by atoms with Gasteiger partial charge in [0.25, 0.3) is 0 Å². The van der Waals surface area contributed by atoms with Crippen molar-refractivity contribution in [2.45, 2.75) is 26.1 Å². The highest BCUT2D eigenvalue weighted by molar-refractivity contribution is 7.88. The van der Waals surface area contributed by atoms with Crippen molar-refractivity contribution in [3.05, 3.63) is 51.2 Å². The first-order valence-electron chi connectivity index (χ1n) is 6.88. The van der Waals surface area contributed by atoms with Crippen LogP contribution in [-0.4, -0.2) is 23.0 Å². The number of nitrogens with one attached hydrogen (secondary N) is 1. The molecule has 0 atom stereocenters. The van der Waals surface area contributed by atoms with Gasteiger partial charge in [-0.05, 0) is 25.5 Å². The van der Waals surface area contributed by atoms with Crippen molar-refractivity contribution in [3.8, 4) is 0 Å². The highest BCUT2D eigenvalue weighted by Gasteiger charge is 2.17. The van der Waals surface area contributed by atoms with Crippen LogP contribution in [0.5, 0.6) is 0 Å². The van der Waals surface area contributed by atoms with E-state index >= 15 is 0 Å². The smallest absolute Gasteiger partial charge is 0.216 e. The van der Waals surface area contributed by atoms with Gasteiger partial charge in [-0.15, -0.1) is 0 Å². The fourth-order valence-electron chi connectivity index (χ4n) is 2.24. The van der Waals surface area contributed by atoms with Crippen molar-refractivity contribution < 1.29 is 8.42 Å². The number of benzene rings is 1. The zero-order valence-corrected chi connectivity index (χ0v) is 15.0. The molecule has 3 aromatic rings. The lowest BCUT2D eigenvalue weighted by molar-refractivity contribution is 0.578. The van der Waals surface area contributed by atoms with Crippen molar-refractivity contribution in [1.29, 1.82) is 0 Å². The van der Waals surface area contributed by atoms with E-state index in [1.165, 1.54) is 11.3 Å².